The lowest BCUT2D eigenvalue weighted by Gasteiger charge is -1.99. The van der Waals surface area contributed by atoms with Gasteiger partial charge < -0.3 is 9.15 Å². The smallest absolute Gasteiger partial charge is 0.331 e. The van der Waals surface area contributed by atoms with E-state index in [1.54, 1.807) is 0 Å². The molecule has 4 aromatic rings. The number of oxazole rings is 1. The maximum Gasteiger partial charge on any atom is 0.331 e. The highest BCUT2D eigenvalue weighted by Gasteiger charge is 2.08. The van der Waals surface area contributed by atoms with Crippen LogP contribution in [0.2, 0.25) is 0 Å². The first kappa shape index (κ1) is 16.0. The van der Waals surface area contributed by atoms with Gasteiger partial charge in [-0.3, -0.25) is 4.40 Å². The molecule has 0 amide bonds. The van der Waals surface area contributed by atoms with Gasteiger partial charge in [0.1, 0.15) is 12.1 Å². The van der Waals surface area contributed by atoms with E-state index in [9.17, 15) is 4.79 Å². The lowest BCUT2D eigenvalue weighted by atomic mass is 10.3. The molecule has 1 aromatic carbocycles. The lowest BCUT2D eigenvalue weighted by molar-refractivity contribution is -0.139. The molecular formula is C19H16N4O3. The summed E-state index contributed by atoms with van der Waals surface area (Å²) in [6.07, 6.45) is 4.59. The number of para-hydroxylation sites is 2. The Morgan fingerprint density at radius 2 is 2.08 bits per heavy atom. The number of carbonyl (C=O) groups excluding carboxylic acids is 1. The normalized spacial score (nSPS) is 11.6. The van der Waals surface area contributed by atoms with Crippen LogP contribution in [0.15, 0.2) is 47.0 Å². The summed E-state index contributed by atoms with van der Waals surface area (Å²) in [5.74, 6) is 0.451. The first-order chi connectivity index (χ1) is 12.6. The van der Waals surface area contributed by atoms with Crippen LogP contribution in [0.25, 0.3) is 23.0 Å². The Morgan fingerprint density at radius 3 is 2.92 bits per heavy atom. The van der Waals surface area contributed by atoms with Crippen molar-refractivity contribution < 1.29 is 13.9 Å². The van der Waals surface area contributed by atoms with E-state index in [-0.39, 0.29) is 6.61 Å². The van der Waals surface area contributed by atoms with Crippen LogP contribution in [0.3, 0.4) is 0 Å². The summed E-state index contributed by atoms with van der Waals surface area (Å²) in [6, 6.07) is 9.37. The van der Waals surface area contributed by atoms with E-state index < -0.39 is 5.97 Å². The molecule has 0 aliphatic carbocycles. The molecule has 0 aliphatic heterocycles. The predicted octanol–water partition coefficient (Wildman–Crippen LogP) is 3.24. The van der Waals surface area contributed by atoms with E-state index in [1.807, 2.05) is 54.8 Å². The van der Waals surface area contributed by atoms with Gasteiger partial charge in [0.15, 0.2) is 5.58 Å². The third-order valence-corrected chi connectivity index (χ3v) is 3.85. The number of ether oxygens (including phenoxy) is 1. The van der Waals surface area contributed by atoms with Crippen molar-refractivity contribution in [3.8, 4) is 0 Å². The summed E-state index contributed by atoms with van der Waals surface area (Å²) in [4.78, 5) is 24.9. The fourth-order valence-electron chi connectivity index (χ4n) is 2.68. The van der Waals surface area contributed by atoms with Crippen molar-refractivity contribution in [2.45, 2.75) is 20.5 Å². The Hall–Kier alpha value is -3.48. The standard InChI is InChI=1S/C19H16N4O3/c1-12-9-13(2)23-10-14(21-19(23)20-12)11-25-18(24)8-7-17-22-15-5-3-4-6-16(15)26-17/h3-10H,11H2,1-2H3. The SMILES string of the molecule is Cc1cc(C)n2cc(COC(=O)C=Cc3nc4ccccc4o3)nc2n1. The zero-order valence-electron chi connectivity index (χ0n) is 14.3. The Bertz CT molecular complexity index is 1110. The third-order valence-electron chi connectivity index (χ3n) is 3.85. The summed E-state index contributed by atoms with van der Waals surface area (Å²) in [5.41, 5.74) is 3.96. The topological polar surface area (TPSA) is 82.5 Å². The number of esters is 1. The Labute approximate surface area is 149 Å². The average Bonchev–Trinajstić information content (AvgIpc) is 3.21. The van der Waals surface area contributed by atoms with Gasteiger partial charge in [-0.2, -0.15) is 0 Å². The number of benzene rings is 1. The van der Waals surface area contributed by atoms with Crippen LogP contribution in [0.5, 0.6) is 0 Å². The van der Waals surface area contributed by atoms with Gasteiger partial charge in [0.2, 0.25) is 11.7 Å². The minimum Gasteiger partial charge on any atom is -0.456 e. The molecule has 130 valence electrons. The molecule has 0 atom stereocenters. The first-order valence-corrected chi connectivity index (χ1v) is 8.11. The van der Waals surface area contributed by atoms with Gasteiger partial charge >= 0.3 is 5.97 Å². The molecule has 0 aliphatic rings. The van der Waals surface area contributed by atoms with Crippen LogP contribution in [0.1, 0.15) is 23.0 Å². The summed E-state index contributed by atoms with van der Waals surface area (Å²) in [5, 5.41) is 0. The fourth-order valence-corrected chi connectivity index (χ4v) is 2.68. The molecule has 0 N–H and O–H groups in total. The molecule has 4 rings (SSSR count). The quantitative estimate of drug-likeness (QED) is 0.416. The molecule has 0 radical (unpaired) electrons. The number of hydrogen-bond donors (Lipinski definition) is 0. The van der Waals surface area contributed by atoms with E-state index in [1.165, 1.54) is 12.2 Å². The lowest BCUT2D eigenvalue weighted by Crippen LogP contribution is -2.00. The average molecular weight is 348 g/mol. The van der Waals surface area contributed by atoms with Crippen LogP contribution >= 0.6 is 0 Å². The first-order valence-electron chi connectivity index (χ1n) is 8.11. The van der Waals surface area contributed by atoms with Gasteiger partial charge in [-0.1, -0.05) is 12.1 Å². The van der Waals surface area contributed by atoms with Gasteiger partial charge in [0.05, 0.1) is 5.69 Å². The van der Waals surface area contributed by atoms with Crippen molar-refractivity contribution in [3.63, 3.8) is 0 Å². The van der Waals surface area contributed by atoms with E-state index in [4.69, 9.17) is 9.15 Å². The monoisotopic (exact) mass is 348 g/mol. The van der Waals surface area contributed by atoms with Crippen LogP contribution in [-0.4, -0.2) is 25.3 Å². The molecule has 0 fully saturated rings. The van der Waals surface area contributed by atoms with Crippen molar-refractivity contribution in [3.05, 3.63) is 65.6 Å². The number of aryl methyl sites for hydroxylation is 2. The zero-order chi connectivity index (χ0) is 18.1. The van der Waals surface area contributed by atoms with Crippen LogP contribution in [-0.2, 0) is 16.1 Å². The molecule has 0 spiro atoms. The number of nitrogens with zero attached hydrogens (tertiary/aromatic N) is 4. The summed E-state index contributed by atoms with van der Waals surface area (Å²) in [6.45, 7) is 3.96. The van der Waals surface area contributed by atoms with Gasteiger partial charge in [-0.05, 0) is 32.0 Å². The molecule has 3 heterocycles. The number of rotatable bonds is 4. The number of aromatic nitrogens is 4. The number of carbonyl (C=O) groups is 1. The highest BCUT2D eigenvalue weighted by molar-refractivity contribution is 5.86. The van der Waals surface area contributed by atoms with Crippen molar-refractivity contribution in [2.24, 2.45) is 0 Å². The number of hydrogen-bond acceptors (Lipinski definition) is 6. The molecular weight excluding hydrogens is 332 g/mol. The number of imidazole rings is 1. The molecule has 7 nitrogen and oxygen atoms in total. The highest BCUT2D eigenvalue weighted by atomic mass is 16.5. The van der Waals surface area contributed by atoms with Crippen LogP contribution in [0.4, 0.5) is 0 Å². The van der Waals surface area contributed by atoms with Gasteiger partial charge in [0, 0.05) is 29.7 Å². The largest absolute Gasteiger partial charge is 0.456 e. The molecule has 26 heavy (non-hydrogen) atoms. The summed E-state index contributed by atoms with van der Waals surface area (Å²) >= 11 is 0. The van der Waals surface area contributed by atoms with E-state index in [2.05, 4.69) is 15.0 Å². The van der Waals surface area contributed by atoms with Crippen molar-refractivity contribution >= 4 is 28.9 Å². The van der Waals surface area contributed by atoms with Crippen molar-refractivity contribution in [1.82, 2.24) is 19.4 Å². The second-order valence-electron chi connectivity index (χ2n) is 5.90. The van der Waals surface area contributed by atoms with Gasteiger partial charge in [-0.25, -0.2) is 19.7 Å². The van der Waals surface area contributed by atoms with Crippen LogP contribution in [0, 0.1) is 13.8 Å². The maximum atomic E-state index is 11.9. The molecule has 3 aromatic heterocycles. The number of fused-ring (bicyclic) bond motifs is 2. The minimum atomic E-state index is -0.495. The molecule has 0 saturated carbocycles. The fraction of sp³-hybridized carbons (Fsp3) is 0.158. The second kappa shape index (κ2) is 6.44. The maximum absolute atomic E-state index is 11.9. The Balaban J connectivity index is 1.42. The highest BCUT2D eigenvalue weighted by Crippen LogP contribution is 2.15. The minimum absolute atomic E-state index is 0.0680. The zero-order valence-corrected chi connectivity index (χ0v) is 14.3. The predicted molar refractivity (Wildman–Crippen MR) is 95.3 cm³/mol. The molecule has 7 heteroatoms. The van der Waals surface area contributed by atoms with Crippen LogP contribution < -0.4 is 0 Å². The molecule has 0 unspecified atom stereocenters. The summed E-state index contributed by atoms with van der Waals surface area (Å²) < 4.78 is 12.6. The van der Waals surface area contributed by atoms with E-state index in [0.717, 1.165) is 16.9 Å². The van der Waals surface area contributed by atoms with Crippen molar-refractivity contribution in [2.75, 3.05) is 0 Å². The van der Waals surface area contributed by atoms with E-state index in [0.29, 0.717) is 22.9 Å². The molecule has 0 saturated heterocycles. The Morgan fingerprint density at radius 1 is 1.23 bits per heavy atom. The van der Waals surface area contributed by atoms with Gasteiger partial charge in [0.25, 0.3) is 0 Å². The van der Waals surface area contributed by atoms with E-state index >= 15 is 0 Å². The van der Waals surface area contributed by atoms with Gasteiger partial charge in [-0.15, -0.1) is 0 Å². The van der Waals surface area contributed by atoms with Crippen molar-refractivity contribution in [1.29, 1.82) is 0 Å². The summed E-state index contributed by atoms with van der Waals surface area (Å²) in [7, 11) is 0. The Kier molecular flexibility index (Phi) is 3.96. The molecule has 0 bridgehead atoms. The second-order valence-corrected chi connectivity index (χ2v) is 5.90. The third kappa shape index (κ3) is 3.19.